The normalized spacial score (nSPS) is 10.3. The first-order valence-electron chi connectivity index (χ1n) is 5.68. The first-order chi connectivity index (χ1) is 8.79. The van der Waals surface area contributed by atoms with Crippen molar-refractivity contribution >= 4 is 11.6 Å². The number of H-pyrrole nitrogens is 1. The van der Waals surface area contributed by atoms with E-state index in [2.05, 4.69) is 15.5 Å². The van der Waals surface area contributed by atoms with Crippen molar-refractivity contribution in [3.05, 3.63) is 36.5 Å². The van der Waals surface area contributed by atoms with Crippen molar-refractivity contribution < 1.29 is 9.53 Å². The molecule has 0 aliphatic rings. The third kappa shape index (κ3) is 3.18. The number of carbonyl (C=O) groups is 1. The van der Waals surface area contributed by atoms with Gasteiger partial charge in [0.05, 0.1) is 18.7 Å². The van der Waals surface area contributed by atoms with E-state index < -0.39 is 0 Å². The van der Waals surface area contributed by atoms with Crippen LogP contribution >= 0.6 is 0 Å². The number of aromatic nitrogens is 2. The predicted octanol–water partition coefficient (Wildman–Crippen LogP) is 2.05. The van der Waals surface area contributed by atoms with E-state index in [1.165, 1.54) is 0 Å². The molecule has 18 heavy (non-hydrogen) atoms. The van der Waals surface area contributed by atoms with Crippen molar-refractivity contribution in [1.29, 1.82) is 0 Å². The van der Waals surface area contributed by atoms with Gasteiger partial charge in [0.2, 0.25) is 5.91 Å². The molecule has 0 aliphatic heterocycles. The molecule has 0 bridgehead atoms. The number of rotatable bonds is 5. The second kappa shape index (κ2) is 5.97. The van der Waals surface area contributed by atoms with Crippen LogP contribution in [0.3, 0.4) is 0 Å². The molecule has 2 rings (SSSR count). The zero-order chi connectivity index (χ0) is 12.8. The molecule has 0 unspecified atom stereocenters. The molecule has 5 nitrogen and oxygen atoms in total. The van der Waals surface area contributed by atoms with Gasteiger partial charge in [-0.1, -0.05) is 12.1 Å². The van der Waals surface area contributed by atoms with Crippen LogP contribution in [0.4, 0.5) is 5.69 Å². The van der Waals surface area contributed by atoms with Gasteiger partial charge in [0.1, 0.15) is 0 Å². The summed E-state index contributed by atoms with van der Waals surface area (Å²) in [6, 6.07) is 9.48. The number of ether oxygens (including phenoxy) is 1. The lowest BCUT2D eigenvalue weighted by Crippen LogP contribution is -2.13. The Morgan fingerprint density at radius 2 is 2.11 bits per heavy atom. The van der Waals surface area contributed by atoms with Crippen LogP contribution in [0.15, 0.2) is 36.5 Å². The van der Waals surface area contributed by atoms with Crippen molar-refractivity contribution in [3.63, 3.8) is 0 Å². The quantitative estimate of drug-likeness (QED) is 0.847. The maximum absolute atomic E-state index is 11.5. The van der Waals surface area contributed by atoms with Crippen LogP contribution in [0, 0.1) is 0 Å². The SMILES string of the molecule is COCCC(=O)Nc1ccc(-c2ccn[nH]2)cc1. The predicted molar refractivity (Wildman–Crippen MR) is 69.1 cm³/mol. The van der Waals surface area contributed by atoms with Gasteiger partial charge >= 0.3 is 0 Å². The number of hydrogen-bond acceptors (Lipinski definition) is 3. The van der Waals surface area contributed by atoms with Gasteiger partial charge in [0.15, 0.2) is 0 Å². The van der Waals surface area contributed by atoms with E-state index in [-0.39, 0.29) is 5.91 Å². The Bertz CT molecular complexity index is 491. The van der Waals surface area contributed by atoms with E-state index in [0.717, 1.165) is 16.9 Å². The average molecular weight is 245 g/mol. The number of amides is 1. The van der Waals surface area contributed by atoms with Gasteiger partial charge in [-0.2, -0.15) is 5.10 Å². The third-order valence-electron chi connectivity index (χ3n) is 2.51. The summed E-state index contributed by atoms with van der Waals surface area (Å²) in [6.07, 6.45) is 2.06. The van der Waals surface area contributed by atoms with Crippen LogP contribution in [0.5, 0.6) is 0 Å². The molecule has 1 amide bonds. The van der Waals surface area contributed by atoms with E-state index in [1.54, 1.807) is 13.3 Å². The Labute approximate surface area is 105 Å². The van der Waals surface area contributed by atoms with Gasteiger partial charge in [-0.05, 0) is 23.8 Å². The molecule has 2 aromatic rings. The first-order valence-corrected chi connectivity index (χ1v) is 5.68. The Morgan fingerprint density at radius 1 is 1.33 bits per heavy atom. The van der Waals surface area contributed by atoms with Crippen molar-refractivity contribution in [1.82, 2.24) is 10.2 Å². The molecule has 1 aromatic carbocycles. The van der Waals surface area contributed by atoms with E-state index in [1.807, 2.05) is 30.3 Å². The van der Waals surface area contributed by atoms with Gasteiger partial charge < -0.3 is 10.1 Å². The standard InChI is InChI=1S/C13H15N3O2/c1-18-9-7-13(17)15-11-4-2-10(3-5-11)12-6-8-14-16-12/h2-6,8H,7,9H2,1H3,(H,14,16)(H,15,17). The van der Waals surface area contributed by atoms with E-state index in [0.29, 0.717) is 13.0 Å². The second-order valence-corrected chi connectivity index (χ2v) is 3.84. The summed E-state index contributed by atoms with van der Waals surface area (Å²) in [7, 11) is 1.58. The summed E-state index contributed by atoms with van der Waals surface area (Å²) >= 11 is 0. The number of anilines is 1. The lowest BCUT2D eigenvalue weighted by molar-refractivity contribution is -0.117. The third-order valence-corrected chi connectivity index (χ3v) is 2.51. The molecule has 0 radical (unpaired) electrons. The Kier molecular flexibility index (Phi) is 4.09. The minimum absolute atomic E-state index is 0.0499. The van der Waals surface area contributed by atoms with Crippen molar-refractivity contribution in [2.24, 2.45) is 0 Å². The fourth-order valence-corrected chi connectivity index (χ4v) is 1.57. The molecule has 1 aromatic heterocycles. The van der Waals surface area contributed by atoms with Crippen LogP contribution in [0.2, 0.25) is 0 Å². The largest absolute Gasteiger partial charge is 0.384 e. The highest BCUT2D eigenvalue weighted by Gasteiger charge is 2.03. The highest BCUT2D eigenvalue weighted by molar-refractivity contribution is 5.91. The fourth-order valence-electron chi connectivity index (χ4n) is 1.57. The van der Waals surface area contributed by atoms with Crippen LogP contribution < -0.4 is 5.32 Å². The average Bonchev–Trinajstić information content (AvgIpc) is 2.91. The first kappa shape index (κ1) is 12.3. The number of hydrogen-bond donors (Lipinski definition) is 2. The van der Waals surface area contributed by atoms with E-state index in [9.17, 15) is 4.79 Å². The number of methoxy groups -OCH3 is 1. The minimum Gasteiger partial charge on any atom is -0.384 e. The number of aromatic amines is 1. The fraction of sp³-hybridized carbons (Fsp3) is 0.231. The molecule has 0 saturated heterocycles. The molecular formula is C13H15N3O2. The van der Waals surface area contributed by atoms with Crippen LogP contribution in [0.25, 0.3) is 11.3 Å². The number of nitrogens with zero attached hydrogens (tertiary/aromatic N) is 1. The van der Waals surface area contributed by atoms with Crippen LogP contribution in [-0.2, 0) is 9.53 Å². The smallest absolute Gasteiger partial charge is 0.226 e. The maximum atomic E-state index is 11.5. The molecule has 0 spiro atoms. The zero-order valence-corrected chi connectivity index (χ0v) is 10.1. The van der Waals surface area contributed by atoms with Gasteiger partial charge in [0, 0.05) is 19.0 Å². The van der Waals surface area contributed by atoms with Crippen molar-refractivity contribution in [2.75, 3.05) is 19.0 Å². The van der Waals surface area contributed by atoms with Crippen molar-refractivity contribution in [2.45, 2.75) is 6.42 Å². The Balaban J connectivity index is 1.98. The summed E-state index contributed by atoms with van der Waals surface area (Å²) in [6.45, 7) is 0.429. The van der Waals surface area contributed by atoms with Crippen molar-refractivity contribution in [3.8, 4) is 11.3 Å². The van der Waals surface area contributed by atoms with Gasteiger partial charge in [-0.3, -0.25) is 9.89 Å². The second-order valence-electron chi connectivity index (χ2n) is 3.84. The summed E-state index contributed by atoms with van der Waals surface area (Å²) in [5, 5.41) is 9.59. The highest BCUT2D eigenvalue weighted by atomic mass is 16.5. The molecule has 1 heterocycles. The summed E-state index contributed by atoms with van der Waals surface area (Å²) in [4.78, 5) is 11.5. The van der Waals surface area contributed by atoms with Gasteiger partial charge in [0.25, 0.3) is 0 Å². The number of benzene rings is 1. The monoisotopic (exact) mass is 245 g/mol. The lowest BCUT2D eigenvalue weighted by Gasteiger charge is -2.05. The van der Waals surface area contributed by atoms with Gasteiger partial charge in [-0.15, -0.1) is 0 Å². The minimum atomic E-state index is -0.0499. The van der Waals surface area contributed by atoms with E-state index >= 15 is 0 Å². The topological polar surface area (TPSA) is 67.0 Å². The molecule has 0 atom stereocenters. The number of carbonyl (C=O) groups excluding carboxylic acids is 1. The molecule has 94 valence electrons. The van der Waals surface area contributed by atoms with Crippen LogP contribution in [0.1, 0.15) is 6.42 Å². The maximum Gasteiger partial charge on any atom is 0.226 e. The Morgan fingerprint density at radius 3 is 2.72 bits per heavy atom. The van der Waals surface area contributed by atoms with E-state index in [4.69, 9.17) is 4.74 Å². The molecule has 0 aliphatic carbocycles. The number of nitrogens with one attached hydrogen (secondary N) is 2. The Hall–Kier alpha value is -2.14. The molecule has 2 N–H and O–H groups in total. The molecule has 0 saturated carbocycles. The summed E-state index contributed by atoms with van der Waals surface area (Å²) in [5.41, 5.74) is 2.76. The summed E-state index contributed by atoms with van der Waals surface area (Å²) < 4.78 is 4.85. The lowest BCUT2D eigenvalue weighted by atomic mass is 10.1. The zero-order valence-electron chi connectivity index (χ0n) is 10.1. The van der Waals surface area contributed by atoms with Crippen LogP contribution in [-0.4, -0.2) is 29.8 Å². The molecule has 0 fully saturated rings. The highest BCUT2D eigenvalue weighted by Crippen LogP contribution is 2.18. The summed E-state index contributed by atoms with van der Waals surface area (Å²) in [5.74, 6) is -0.0499. The van der Waals surface area contributed by atoms with Gasteiger partial charge in [-0.25, -0.2) is 0 Å². The molecule has 5 heteroatoms. The molecular weight excluding hydrogens is 230 g/mol.